The summed E-state index contributed by atoms with van der Waals surface area (Å²) in [4.78, 5) is 11.4. The molecule has 1 aromatic rings. The quantitative estimate of drug-likeness (QED) is 0.557. The van der Waals surface area contributed by atoms with E-state index >= 15 is 0 Å². The maximum atomic E-state index is 11.4. The number of ketones is 1. The molecule has 0 saturated heterocycles. The van der Waals surface area contributed by atoms with Crippen LogP contribution >= 0.6 is 15.9 Å². The zero-order valence-electron chi connectivity index (χ0n) is 6.80. The zero-order chi connectivity index (χ0) is 9.14. The number of carbonyl (C=O) groups is 1. The van der Waals surface area contributed by atoms with E-state index in [-0.39, 0.29) is 5.78 Å². The fourth-order valence-electron chi connectivity index (χ4n) is 0.876. The molecular formula is C10H9BrO. The van der Waals surface area contributed by atoms with Crippen molar-refractivity contribution in [1.29, 1.82) is 0 Å². The van der Waals surface area contributed by atoms with Gasteiger partial charge in [0.1, 0.15) is 0 Å². The number of rotatable bonds is 2. The van der Waals surface area contributed by atoms with Gasteiger partial charge in [-0.3, -0.25) is 4.79 Å². The van der Waals surface area contributed by atoms with Crippen LogP contribution in [-0.4, -0.2) is 5.78 Å². The number of hydrogen-bond acceptors (Lipinski definition) is 1. The lowest BCUT2D eigenvalue weighted by Gasteiger charge is -1.99. The monoisotopic (exact) mass is 224 g/mol. The highest BCUT2D eigenvalue weighted by molar-refractivity contribution is 9.10. The molecule has 0 aromatic heterocycles. The molecule has 0 amide bonds. The van der Waals surface area contributed by atoms with E-state index in [0.29, 0.717) is 11.1 Å². The molecular weight excluding hydrogens is 216 g/mol. The molecule has 0 aliphatic heterocycles. The fraction of sp³-hybridized carbons (Fsp3) is 0.100. The van der Waals surface area contributed by atoms with Crippen LogP contribution in [0.3, 0.4) is 0 Å². The summed E-state index contributed by atoms with van der Waals surface area (Å²) in [7, 11) is 0. The number of carbonyl (C=O) groups excluding carboxylic acids is 1. The molecule has 1 nitrogen and oxygen atoms in total. The van der Waals surface area contributed by atoms with Crippen molar-refractivity contribution in [2.45, 2.75) is 6.92 Å². The molecule has 1 aromatic carbocycles. The van der Waals surface area contributed by atoms with E-state index < -0.39 is 0 Å². The van der Waals surface area contributed by atoms with Gasteiger partial charge in [0, 0.05) is 10.0 Å². The van der Waals surface area contributed by atoms with Gasteiger partial charge in [0.15, 0.2) is 5.78 Å². The van der Waals surface area contributed by atoms with Gasteiger partial charge in [0.25, 0.3) is 0 Å². The fourth-order valence-corrected chi connectivity index (χ4v) is 1.28. The molecule has 0 saturated carbocycles. The Bertz CT molecular complexity index is 328. The first kappa shape index (κ1) is 9.20. The van der Waals surface area contributed by atoms with Crippen molar-refractivity contribution in [1.82, 2.24) is 0 Å². The van der Waals surface area contributed by atoms with Crippen LogP contribution in [0.4, 0.5) is 0 Å². The largest absolute Gasteiger partial charge is 0.289 e. The average molecular weight is 225 g/mol. The van der Waals surface area contributed by atoms with E-state index in [4.69, 9.17) is 0 Å². The van der Waals surface area contributed by atoms with Gasteiger partial charge in [0.2, 0.25) is 0 Å². The summed E-state index contributed by atoms with van der Waals surface area (Å²) in [6.07, 6.45) is 0. The standard InChI is InChI=1S/C10H9BrO/c1-7(2)10(12)8-4-3-5-9(11)6-8/h3-6H,1H2,2H3. The molecule has 0 atom stereocenters. The van der Waals surface area contributed by atoms with Gasteiger partial charge in [0.05, 0.1) is 0 Å². The van der Waals surface area contributed by atoms with Crippen LogP contribution in [0.1, 0.15) is 17.3 Å². The van der Waals surface area contributed by atoms with Crippen molar-refractivity contribution >= 4 is 21.7 Å². The van der Waals surface area contributed by atoms with Crippen molar-refractivity contribution in [3.63, 3.8) is 0 Å². The Morgan fingerprint density at radius 2 is 2.17 bits per heavy atom. The van der Waals surface area contributed by atoms with Crippen molar-refractivity contribution in [2.24, 2.45) is 0 Å². The highest BCUT2D eigenvalue weighted by atomic mass is 79.9. The summed E-state index contributed by atoms with van der Waals surface area (Å²) in [5, 5.41) is 0. The molecule has 12 heavy (non-hydrogen) atoms. The van der Waals surface area contributed by atoms with E-state index in [1.807, 2.05) is 12.1 Å². The number of hydrogen-bond donors (Lipinski definition) is 0. The van der Waals surface area contributed by atoms with Crippen LogP contribution in [0.2, 0.25) is 0 Å². The maximum Gasteiger partial charge on any atom is 0.188 e. The summed E-state index contributed by atoms with van der Waals surface area (Å²) in [6, 6.07) is 7.29. The minimum Gasteiger partial charge on any atom is -0.289 e. The predicted molar refractivity (Wildman–Crippen MR) is 53.3 cm³/mol. The molecule has 0 bridgehead atoms. The van der Waals surface area contributed by atoms with Gasteiger partial charge in [-0.15, -0.1) is 0 Å². The first-order valence-electron chi connectivity index (χ1n) is 3.57. The van der Waals surface area contributed by atoms with E-state index in [2.05, 4.69) is 22.5 Å². The Morgan fingerprint density at radius 3 is 2.67 bits per heavy atom. The van der Waals surface area contributed by atoms with Crippen LogP contribution < -0.4 is 0 Å². The summed E-state index contributed by atoms with van der Waals surface area (Å²) in [5.41, 5.74) is 1.24. The predicted octanol–water partition coefficient (Wildman–Crippen LogP) is 3.21. The summed E-state index contributed by atoms with van der Waals surface area (Å²) in [6.45, 7) is 5.31. The summed E-state index contributed by atoms with van der Waals surface area (Å²) >= 11 is 3.30. The summed E-state index contributed by atoms with van der Waals surface area (Å²) < 4.78 is 0.912. The molecule has 62 valence electrons. The minimum absolute atomic E-state index is 0.00343. The second kappa shape index (κ2) is 3.68. The number of allylic oxidation sites excluding steroid dienone is 1. The Labute approximate surface area is 80.2 Å². The first-order valence-corrected chi connectivity index (χ1v) is 4.36. The molecule has 0 aliphatic carbocycles. The second-order valence-electron chi connectivity index (χ2n) is 2.62. The Balaban J connectivity index is 3.04. The zero-order valence-corrected chi connectivity index (χ0v) is 8.39. The highest BCUT2D eigenvalue weighted by Crippen LogP contribution is 2.13. The topological polar surface area (TPSA) is 17.1 Å². The third kappa shape index (κ3) is 2.05. The van der Waals surface area contributed by atoms with Gasteiger partial charge in [-0.05, 0) is 24.6 Å². The third-order valence-corrected chi connectivity index (χ3v) is 1.97. The van der Waals surface area contributed by atoms with Crippen molar-refractivity contribution < 1.29 is 4.79 Å². The van der Waals surface area contributed by atoms with Gasteiger partial charge in [-0.25, -0.2) is 0 Å². The van der Waals surface area contributed by atoms with Crippen LogP contribution in [0, 0.1) is 0 Å². The van der Waals surface area contributed by atoms with Crippen molar-refractivity contribution in [2.75, 3.05) is 0 Å². The van der Waals surface area contributed by atoms with E-state index in [9.17, 15) is 4.79 Å². The lowest BCUT2D eigenvalue weighted by atomic mass is 10.1. The van der Waals surface area contributed by atoms with Gasteiger partial charge >= 0.3 is 0 Å². The molecule has 0 aliphatic rings. The number of Topliss-reactive ketones (excluding diaryl/α,β-unsaturated/α-hetero) is 1. The molecule has 0 heterocycles. The highest BCUT2D eigenvalue weighted by Gasteiger charge is 2.05. The smallest absolute Gasteiger partial charge is 0.188 e. The number of benzene rings is 1. The van der Waals surface area contributed by atoms with Crippen LogP contribution in [0.5, 0.6) is 0 Å². The average Bonchev–Trinajstić information content (AvgIpc) is 2.03. The van der Waals surface area contributed by atoms with Crippen LogP contribution in [-0.2, 0) is 0 Å². The summed E-state index contributed by atoms with van der Waals surface area (Å²) in [5.74, 6) is -0.00343. The number of halogens is 1. The first-order chi connectivity index (χ1) is 5.61. The lowest BCUT2D eigenvalue weighted by Crippen LogP contribution is -1.98. The SMILES string of the molecule is C=C(C)C(=O)c1cccc(Br)c1. The van der Waals surface area contributed by atoms with E-state index in [1.54, 1.807) is 19.1 Å². The Morgan fingerprint density at radius 1 is 1.50 bits per heavy atom. The van der Waals surface area contributed by atoms with Crippen molar-refractivity contribution in [3.8, 4) is 0 Å². The second-order valence-corrected chi connectivity index (χ2v) is 3.54. The van der Waals surface area contributed by atoms with Crippen LogP contribution in [0.15, 0.2) is 40.9 Å². The molecule has 0 unspecified atom stereocenters. The molecule has 2 heteroatoms. The normalized spacial score (nSPS) is 9.50. The van der Waals surface area contributed by atoms with E-state index in [0.717, 1.165) is 4.47 Å². The van der Waals surface area contributed by atoms with Crippen molar-refractivity contribution in [3.05, 3.63) is 46.5 Å². The molecule has 0 N–H and O–H groups in total. The van der Waals surface area contributed by atoms with Gasteiger partial charge < -0.3 is 0 Å². The molecule has 0 spiro atoms. The van der Waals surface area contributed by atoms with E-state index in [1.165, 1.54) is 0 Å². The third-order valence-electron chi connectivity index (χ3n) is 1.47. The minimum atomic E-state index is -0.00343. The molecule has 0 fully saturated rings. The van der Waals surface area contributed by atoms with Gasteiger partial charge in [-0.2, -0.15) is 0 Å². The maximum absolute atomic E-state index is 11.4. The molecule has 0 radical (unpaired) electrons. The Kier molecular flexibility index (Phi) is 2.82. The van der Waals surface area contributed by atoms with Crippen LogP contribution in [0.25, 0.3) is 0 Å². The molecule has 1 rings (SSSR count). The lowest BCUT2D eigenvalue weighted by molar-refractivity contribution is 0.103. The Hall–Kier alpha value is -0.890. The van der Waals surface area contributed by atoms with Gasteiger partial charge in [-0.1, -0.05) is 34.6 Å².